The molecular weight excluding hydrogens is 450 g/mol. The number of carbonyl (C=O) groups excluding carboxylic acids is 2. The summed E-state index contributed by atoms with van der Waals surface area (Å²) in [4.78, 5) is 25.4. The van der Waals surface area contributed by atoms with E-state index in [0.717, 1.165) is 16.7 Å². The van der Waals surface area contributed by atoms with Crippen LogP contribution in [0.3, 0.4) is 0 Å². The van der Waals surface area contributed by atoms with Gasteiger partial charge in [-0.3, -0.25) is 9.59 Å². The van der Waals surface area contributed by atoms with Gasteiger partial charge >= 0.3 is 0 Å². The third-order valence-electron chi connectivity index (χ3n) is 5.93. The zero-order chi connectivity index (χ0) is 25.3. The molecule has 0 aliphatic carbocycles. The topological polar surface area (TPSA) is 95.6 Å². The minimum atomic E-state index is -3.61. The molecule has 1 fully saturated rings. The van der Waals surface area contributed by atoms with Gasteiger partial charge in [-0.2, -0.15) is 4.31 Å². The molecule has 1 heterocycles. The second kappa shape index (κ2) is 9.88. The van der Waals surface area contributed by atoms with Crippen LogP contribution in [0.5, 0.6) is 0 Å². The van der Waals surface area contributed by atoms with Gasteiger partial charge in [0.25, 0.3) is 5.91 Å². The molecule has 2 aromatic rings. The van der Waals surface area contributed by atoms with Gasteiger partial charge in [0.05, 0.1) is 4.90 Å². The van der Waals surface area contributed by atoms with E-state index in [-0.39, 0.29) is 23.3 Å². The molecule has 0 bridgehead atoms. The molecule has 0 aromatic heterocycles. The van der Waals surface area contributed by atoms with Crippen LogP contribution < -0.4 is 10.6 Å². The van der Waals surface area contributed by atoms with Crippen molar-refractivity contribution < 1.29 is 18.0 Å². The van der Waals surface area contributed by atoms with Crippen molar-refractivity contribution in [1.82, 2.24) is 9.62 Å². The quantitative estimate of drug-likeness (QED) is 0.664. The number of nitrogens with zero attached hydrogens (tertiary/aromatic N) is 1. The van der Waals surface area contributed by atoms with Gasteiger partial charge in [0.1, 0.15) is 0 Å². The van der Waals surface area contributed by atoms with Crippen molar-refractivity contribution in [2.45, 2.75) is 64.8 Å². The molecule has 0 radical (unpaired) electrons. The summed E-state index contributed by atoms with van der Waals surface area (Å²) in [5.41, 5.74) is 3.33. The Morgan fingerprint density at radius 3 is 1.97 bits per heavy atom. The van der Waals surface area contributed by atoms with Gasteiger partial charge in [-0.15, -0.1) is 0 Å². The SMILES string of the molecule is Cc1cc(C)c(S(=O)(=O)N2CCC(C(=O)Nc3ccc(C(=O)NC(C)(C)C)cc3)CC2)c(C)c1. The van der Waals surface area contributed by atoms with Crippen LogP contribution >= 0.6 is 0 Å². The number of hydrogen-bond acceptors (Lipinski definition) is 4. The third kappa shape index (κ3) is 6.04. The Morgan fingerprint density at radius 1 is 0.941 bits per heavy atom. The average Bonchev–Trinajstić information content (AvgIpc) is 2.72. The van der Waals surface area contributed by atoms with Gasteiger partial charge in [-0.05, 0) is 89.8 Å². The van der Waals surface area contributed by atoms with Gasteiger partial charge in [-0.25, -0.2) is 8.42 Å². The van der Waals surface area contributed by atoms with Crippen molar-refractivity contribution in [1.29, 1.82) is 0 Å². The predicted octanol–water partition coefficient (Wildman–Crippen LogP) is 4.18. The van der Waals surface area contributed by atoms with E-state index in [1.807, 2.05) is 53.7 Å². The van der Waals surface area contributed by atoms with Gasteiger partial charge in [0.2, 0.25) is 15.9 Å². The molecule has 1 saturated heterocycles. The Balaban J connectivity index is 1.60. The molecule has 0 saturated carbocycles. The lowest BCUT2D eigenvalue weighted by atomic mass is 9.97. The number of nitrogens with one attached hydrogen (secondary N) is 2. The predicted molar refractivity (Wildman–Crippen MR) is 134 cm³/mol. The summed E-state index contributed by atoms with van der Waals surface area (Å²) in [5, 5.41) is 5.80. The highest BCUT2D eigenvalue weighted by Gasteiger charge is 2.33. The maximum Gasteiger partial charge on any atom is 0.251 e. The standard InChI is InChI=1S/C26H35N3O4S/c1-17-15-18(2)23(19(3)16-17)34(32,33)29-13-11-21(12-14-29)24(30)27-22-9-7-20(8-10-22)25(31)28-26(4,5)6/h7-10,15-16,21H,11-14H2,1-6H3,(H,27,30)(H,28,31). The Labute approximate surface area is 203 Å². The molecule has 2 aromatic carbocycles. The van der Waals surface area contributed by atoms with E-state index < -0.39 is 10.0 Å². The molecule has 0 unspecified atom stereocenters. The first-order valence-electron chi connectivity index (χ1n) is 11.6. The summed E-state index contributed by atoms with van der Waals surface area (Å²) in [6, 6.07) is 10.5. The Kier molecular flexibility index (Phi) is 7.53. The smallest absolute Gasteiger partial charge is 0.251 e. The molecule has 1 aliphatic rings. The first kappa shape index (κ1) is 25.9. The summed E-state index contributed by atoms with van der Waals surface area (Å²) in [7, 11) is -3.61. The first-order valence-corrected chi connectivity index (χ1v) is 13.0. The number of hydrogen-bond donors (Lipinski definition) is 2. The van der Waals surface area contributed by atoms with Crippen molar-refractivity contribution >= 4 is 27.5 Å². The highest BCUT2D eigenvalue weighted by Crippen LogP contribution is 2.29. The molecule has 1 aliphatic heterocycles. The summed E-state index contributed by atoms with van der Waals surface area (Å²) in [6.45, 7) is 12.0. The fourth-order valence-corrected chi connectivity index (χ4v) is 6.30. The molecule has 8 heteroatoms. The number of aryl methyl sites for hydroxylation is 3. The number of anilines is 1. The highest BCUT2D eigenvalue weighted by molar-refractivity contribution is 7.89. The minimum Gasteiger partial charge on any atom is -0.347 e. The molecular formula is C26H35N3O4S. The largest absolute Gasteiger partial charge is 0.347 e. The van der Waals surface area contributed by atoms with Gasteiger partial charge in [-0.1, -0.05) is 17.7 Å². The van der Waals surface area contributed by atoms with Crippen LogP contribution in [0, 0.1) is 26.7 Å². The fraction of sp³-hybridized carbons (Fsp3) is 0.462. The summed E-state index contributed by atoms with van der Waals surface area (Å²) in [5.74, 6) is -0.569. The average molecular weight is 486 g/mol. The molecule has 7 nitrogen and oxygen atoms in total. The molecule has 3 rings (SSSR count). The van der Waals surface area contributed by atoms with Crippen LogP contribution in [0.4, 0.5) is 5.69 Å². The van der Waals surface area contributed by atoms with Crippen LogP contribution in [0.2, 0.25) is 0 Å². The van der Waals surface area contributed by atoms with E-state index in [1.165, 1.54) is 4.31 Å². The Hall–Kier alpha value is -2.71. The molecule has 184 valence electrons. The van der Waals surface area contributed by atoms with Crippen LogP contribution in [0.25, 0.3) is 0 Å². The normalized spacial score (nSPS) is 15.7. The second-order valence-electron chi connectivity index (χ2n) is 10.2. The lowest BCUT2D eigenvalue weighted by molar-refractivity contribution is -0.120. The summed E-state index contributed by atoms with van der Waals surface area (Å²) in [6.07, 6.45) is 0.919. The minimum absolute atomic E-state index is 0.133. The van der Waals surface area contributed by atoms with E-state index in [1.54, 1.807) is 24.3 Å². The molecule has 2 amide bonds. The van der Waals surface area contributed by atoms with Crippen molar-refractivity contribution in [3.05, 3.63) is 58.7 Å². The van der Waals surface area contributed by atoms with E-state index in [2.05, 4.69) is 10.6 Å². The van der Waals surface area contributed by atoms with Gasteiger partial charge in [0.15, 0.2) is 0 Å². The van der Waals surface area contributed by atoms with Crippen LogP contribution in [-0.2, 0) is 14.8 Å². The Bertz CT molecular complexity index is 1150. The number of piperidine rings is 1. The number of benzene rings is 2. The van der Waals surface area contributed by atoms with Crippen molar-refractivity contribution in [3.8, 4) is 0 Å². The monoisotopic (exact) mass is 485 g/mol. The van der Waals surface area contributed by atoms with Crippen LogP contribution in [-0.4, -0.2) is 43.2 Å². The van der Waals surface area contributed by atoms with E-state index >= 15 is 0 Å². The third-order valence-corrected chi connectivity index (χ3v) is 8.14. The van der Waals surface area contributed by atoms with Crippen molar-refractivity contribution in [3.63, 3.8) is 0 Å². The number of sulfonamides is 1. The van der Waals surface area contributed by atoms with Crippen molar-refractivity contribution in [2.75, 3.05) is 18.4 Å². The molecule has 2 N–H and O–H groups in total. The molecule has 34 heavy (non-hydrogen) atoms. The zero-order valence-corrected chi connectivity index (χ0v) is 21.7. The lowest BCUT2D eigenvalue weighted by Gasteiger charge is -2.31. The maximum absolute atomic E-state index is 13.3. The van der Waals surface area contributed by atoms with E-state index in [0.29, 0.717) is 42.1 Å². The van der Waals surface area contributed by atoms with Crippen molar-refractivity contribution in [2.24, 2.45) is 5.92 Å². The van der Waals surface area contributed by atoms with Gasteiger partial charge in [0, 0.05) is 35.8 Å². The zero-order valence-electron chi connectivity index (χ0n) is 20.9. The highest BCUT2D eigenvalue weighted by atomic mass is 32.2. The second-order valence-corrected chi connectivity index (χ2v) is 12.1. The van der Waals surface area contributed by atoms with E-state index in [4.69, 9.17) is 0 Å². The Morgan fingerprint density at radius 2 is 1.47 bits per heavy atom. The number of carbonyl (C=O) groups is 2. The fourth-order valence-electron chi connectivity index (χ4n) is 4.42. The first-order chi connectivity index (χ1) is 15.8. The molecule has 0 spiro atoms. The molecule has 0 atom stereocenters. The van der Waals surface area contributed by atoms with Crippen LogP contribution in [0.1, 0.15) is 60.7 Å². The number of rotatable bonds is 5. The maximum atomic E-state index is 13.3. The number of amides is 2. The summed E-state index contributed by atoms with van der Waals surface area (Å²) < 4.78 is 28.0. The van der Waals surface area contributed by atoms with Gasteiger partial charge < -0.3 is 10.6 Å². The lowest BCUT2D eigenvalue weighted by Crippen LogP contribution is -2.41. The van der Waals surface area contributed by atoms with Crippen LogP contribution in [0.15, 0.2) is 41.3 Å². The van der Waals surface area contributed by atoms with E-state index in [9.17, 15) is 18.0 Å². The summed E-state index contributed by atoms with van der Waals surface area (Å²) >= 11 is 0.